The Morgan fingerprint density at radius 1 is 0.871 bits per heavy atom. The number of piperazine rings is 1. The minimum atomic E-state index is -3.54. The van der Waals surface area contributed by atoms with Crippen molar-refractivity contribution in [1.29, 1.82) is 0 Å². The largest absolute Gasteiger partial charge is 0.494 e. The molecule has 15 nitrogen and oxygen atoms in total. The van der Waals surface area contributed by atoms with Crippen LogP contribution in [0.3, 0.4) is 0 Å². The van der Waals surface area contributed by atoms with Crippen LogP contribution in [0, 0.1) is 5.92 Å². The van der Waals surface area contributed by atoms with E-state index in [1.165, 1.54) is 28.5 Å². The Hall–Kier alpha value is -5.42. The molecule has 5 aromatic rings. The van der Waals surface area contributed by atoms with Crippen LogP contribution in [-0.2, 0) is 19.6 Å². The van der Waals surface area contributed by atoms with Crippen LogP contribution in [0.25, 0.3) is 10.9 Å². The fraction of sp³-hybridized carbons (Fsp3) is 0.422. The number of amides is 2. The Labute approximate surface area is 367 Å². The number of rotatable bonds is 13. The predicted octanol–water partition coefficient (Wildman–Crippen LogP) is 6.02. The molecule has 0 spiro atoms. The summed E-state index contributed by atoms with van der Waals surface area (Å²) in [6.07, 6.45) is 8.62. The number of carbonyl (C=O) groups is 2. The van der Waals surface area contributed by atoms with Gasteiger partial charge in [-0.1, -0.05) is 35.9 Å². The number of anilines is 6. The van der Waals surface area contributed by atoms with Crippen LogP contribution < -0.4 is 30.5 Å². The van der Waals surface area contributed by atoms with E-state index >= 15 is 0 Å². The molecule has 6 heterocycles. The number of carbonyl (C=O) groups excluding carboxylic acids is 2. The molecule has 62 heavy (non-hydrogen) atoms. The topological polar surface area (TPSA) is 157 Å². The van der Waals surface area contributed by atoms with Crippen LogP contribution in [0.1, 0.15) is 43.6 Å². The number of fused-ring (bicyclic) bond motifs is 1. The lowest BCUT2D eigenvalue weighted by molar-refractivity contribution is -0.134. The maximum Gasteiger partial charge on any atom is 0.236 e. The van der Waals surface area contributed by atoms with E-state index < -0.39 is 10.0 Å². The lowest BCUT2D eigenvalue weighted by Crippen LogP contribution is -2.54. The van der Waals surface area contributed by atoms with E-state index in [4.69, 9.17) is 16.3 Å². The van der Waals surface area contributed by atoms with Gasteiger partial charge in [0.2, 0.25) is 27.8 Å². The summed E-state index contributed by atoms with van der Waals surface area (Å²) in [6.45, 7) is 9.70. The summed E-state index contributed by atoms with van der Waals surface area (Å²) in [7, 11) is -1.89. The lowest BCUT2D eigenvalue weighted by Gasteiger charge is -2.45. The second kappa shape index (κ2) is 17.8. The Balaban J connectivity index is 0.723. The fourth-order valence-corrected chi connectivity index (χ4v) is 10.3. The van der Waals surface area contributed by atoms with Gasteiger partial charge in [0.15, 0.2) is 5.82 Å². The molecule has 9 rings (SSSR count). The minimum absolute atomic E-state index is 0.177. The third kappa shape index (κ3) is 9.05. The van der Waals surface area contributed by atoms with Crippen molar-refractivity contribution in [2.75, 3.05) is 92.7 Å². The standard InChI is InChI=1S/C45H53ClN10O5S/c1-61-40-26-35(10-12-38(40)49-45-47-27-37(46)43(51-45)48-39-5-3-4-32-15-21-56(42(32)39)62(2,59)60)53-19-16-34(17-20-53)54-24-22-52(23-25-54)18-14-30-28-55(29-30)33-8-6-31(7-9-33)36-11-13-41(57)50-44(36)58/h3-10,12,15,21,26-27,30,34,36H,11,13-14,16-20,22-25,28-29H2,1-2H3,(H,50,57,58)(H2,47,48,49,51). The summed E-state index contributed by atoms with van der Waals surface area (Å²) < 4.78 is 32.0. The van der Waals surface area contributed by atoms with E-state index in [1.54, 1.807) is 19.2 Å². The van der Waals surface area contributed by atoms with Gasteiger partial charge in [-0.15, -0.1) is 0 Å². The third-order valence-electron chi connectivity index (χ3n) is 12.9. The molecule has 0 aliphatic carbocycles. The number of aromatic nitrogens is 3. The van der Waals surface area contributed by atoms with Gasteiger partial charge in [-0.3, -0.25) is 19.8 Å². The van der Waals surface area contributed by atoms with Gasteiger partial charge in [0.1, 0.15) is 10.8 Å². The Kier molecular flexibility index (Phi) is 12.0. The number of imide groups is 1. The quantitative estimate of drug-likeness (QED) is 0.118. The van der Waals surface area contributed by atoms with Crippen LogP contribution in [0.2, 0.25) is 5.02 Å². The molecule has 4 fully saturated rings. The van der Waals surface area contributed by atoms with Crippen molar-refractivity contribution in [2.45, 2.75) is 44.1 Å². The molecule has 2 aromatic heterocycles. The summed E-state index contributed by atoms with van der Waals surface area (Å²) in [5.41, 5.74) is 5.05. The van der Waals surface area contributed by atoms with Crippen molar-refractivity contribution in [3.8, 4) is 5.75 Å². The average Bonchev–Trinajstić information content (AvgIpc) is 3.72. The van der Waals surface area contributed by atoms with E-state index in [9.17, 15) is 18.0 Å². The van der Waals surface area contributed by atoms with Gasteiger partial charge in [0.25, 0.3) is 0 Å². The SMILES string of the molecule is COc1cc(N2CCC(N3CCN(CCC4CN(c5ccc(C6CCC(=O)NC6=O)cc5)C4)CC3)CC2)ccc1Nc1ncc(Cl)c(Nc2cccc3ccn(S(C)(=O)=O)c23)n1. The molecule has 3 N–H and O–H groups in total. The Morgan fingerprint density at radius 3 is 2.35 bits per heavy atom. The molecule has 0 bridgehead atoms. The lowest BCUT2D eigenvalue weighted by atomic mass is 9.90. The number of nitrogens with one attached hydrogen (secondary N) is 3. The maximum atomic E-state index is 12.5. The van der Waals surface area contributed by atoms with Gasteiger partial charge in [0.05, 0.1) is 42.4 Å². The van der Waals surface area contributed by atoms with Crippen LogP contribution in [0.15, 0.2) is 79.1 Å². The zero-order valence-electron chi connectivity index (χ0n) is 35.1. The molecule has 4 aliphatic rings. The minimum Gasteiger partial charge on any atom is -0.494 e. The highest BCUT2D eigenvalue weighted by molar-refractivity contribution is 7.89. The highest BCUT2D eigenvalue weighted by Crippen LogP contribution is 2.36. The van der Waals surface area contributed by atoms with Crippen molar-refractivity contribution in [1.82, 2.24) is 29.1 Å². The second-order valence-electron chi connectivity index (χ2n) is 16.9. The monoisotopic (exact) mass is 880 g/mol. The summed E-state index contributed by atoms with van der Waals surface area (Å²) in [6, 6.07) is 22.3. The zero-order valence-corrected chi connectivity index (χ0v) is 36.7. The normalized spacial score (nSPS) is 19.7. The first-order chi connectivity index (χ1) is 30.0. The summed E-state index contributed by atoms with van der Waals surface area (Å²) in [5, 5.41) is 10.00. The van der Waals surface area contributed by atoms with Gasteiger partial charge in [-0.25, -0.2) is 17.4 Å². The fourth-order valence-electron chi connectivity index (χ4n) is 9.38. The van der Waals surface area contributed by atoms with Gasteiger partial charge >= 0.3 is 0 Å². The molecule has 1 unspecified atom stereocenters. The van der Waals surface area contributed by atoms with Crippen molar-refractivity contribution in [3.05, 3.63) is 89.7 Å². The molecular formula is C45H53ClN10O5S. The molecule has 17 heteroatoms. The van der Waals surface area contributed by atoms with E-state index in [0.717, 1.165) is 94.6 Å². The van der Waals surface area contributed by atoms with E-state index in [2.05, 4.69) is 69.8 Å². The number of halogens is 1. The number of ether oxygens (including phenoxy) is 1. The molecule has 4 saturated heterocycles. The molecular weight excluding hydrogens is 828 g/mol. The summed E-state index contributed by atoms with van der Waals surface area (Å²) >= 11 is 6.52. The smallest absolute Gasteiger partial charge is 0.236 e. The van der Waals surface area contributed by atoms with Gasteiger partial charge in [0, 0.05) is 93.8 Å². The Morgan fingerprint density at radius 2 is 1.63 bits per heavy atom. The highest BCUT2D eigenvalue weighted by atomic mass is 35.5. The summed E-state index contributed by atoms with van der Waals surface area (Å²) in [5.74, 6) is 1.40. The van der Waals surface area contributed by atoms with E-state index in [-0.39, 0.29) is 22.8 Å². The van der Waals surface area contributed by atoms with Crippen LogP contribution in [-0.4, -0.2) is 122 Å². The molecule has 1 atom stereocenters. The first-order valence-corrected chi connectivity index (χ1v) is 23.7. The van der Waals surface area contributed by atoms with Crippen LogP contribution in [0.5, 0.6) is 5.75 Å². The molecule has 0 saturated carbocycles. The van der Waals surface area contributed by atoms with E-state index in [0.29, 0.717) is 59.2 Å². The van der Waals surface area contributed by atoms with E-state index in [1.807, 2.05) is 30.3 Å². The predicted molar refractivity (Wildman–Crippen MR) is 244 cm³/mol. The summed E-state index contributed by atoms with van der Waals surface area (Å²) in [4.78, 5) is 43.0. The zero-order chi connectivity index (χ0) is 43.0. The van der Waals surface area contributed by atoms with Crippen molar-refractivity contribution < 1.29 is 22.7 Å². The molecule has 0 radical (unpaired) electrons. The van der Waals surface area contributed by atoms with Crippen LogP contribution in [0.4, 0.5) is 34.5 Å². The molecule has 4 aliphatic heterocycles. The highest BCUT2D eigenvalue weighted by Gasteiger charge is 2.32. The van der Waals surface area contributed by atoms with Crippen molar-refractivity contribution in [3.63, 3.8) is 0 Å². The Bertz CT molecular complexity index is 2550. The number of piperidine rings is 2. The first-order valence-electron chi connectivity index (χ1n) is 21.4. The number of benzene rings is 3. The third-order valence-corrected chi connectivity index (χ3v) is 14.2. The van der Waals surface area contributed by atoms with Crippen LogP contribution >= 0.6 is 11.6 Å². The van der Waals surface area contributed by atoms with Crippen molar-refractivity contribution >= 4 is 78.9 Å². The number of hydrogen-bond acceptors (Lipinski definition) is 13. The van der Waals surface area contributed by atoms with Gasteiger partial charge < -0.3 is 30.1 Å². The number of methoxy groups -OCH3 is 1. The molecule has 2 amide bonds. The average molecular weight is 882 g/mol. The first kappa shape index (κ1) is 41.9. The molecule has 3 aromatic carbocycles. The number of hydrogen-bond donors (Lipinski definition) is 3. The molecule has 326 valence electrons. The second-order valence-corrected chi connectivity index (χ2v) is 19.2. The van der Waals surface area contributed by atoms with Gasteiger partial charge in [-0.2, -0.15) is 4.98 Å². The number of nitrogens with zero attached hydrogens (tertiary/aromatic N) is 7. The van der Waals surface area contributed by atoms with Crippen molar-refractivity contribution in [2.24, 2.45) is 5.92 Å². The van der Waals surface area contributed by atoms with Gasteiger partial charge in [-0.05, 0) is 80.1 Å². The maximum absolute atomic E-state index is 12.5. The number of para-hydroxylation sites is 1.